The van der Waals surface area contributed by atoms with Crippen LogP contribution in [-0.2, 0) is 10.0 Å². The van der Waals surface area contributed by atoms with Crippen LogP contribution in [0.5, 0.6) is 0 Å². The number of benzene rings is 2. The molecule has 0 saturated carbocycles. The van der Waals surface area contributed by atoms with Gasteiger partial charge in [-0.3, -0.25) is 0 Å². The third kappa shape index (κ3) is 3.43. The van der Waals surface area contributed by atoms with Crippen molar-refractivity contribution in [3.8, 4) is 0 Å². The molecule has 0 spiro atoms. The van der Waals surface area contributed by atoms with E-state index >= 15 is 0 Å². The molecule has 0 unspecified atom stereocenters. The Morgan fingerprint density at radius 1 is 1.10 bits per heavy atom. The predicted octanol–water partition coefficient (Wildman–Crippen LogP) is 3.17. The SMILES string of the molecule is Cc1cccc([C@H](C)NS(=O)(=O)c2cccc(F)c2)c1. The third-order valence-electron chi connectivity index (χ3n) is 2.98. The van der Waals surface area contributed by atoms with Crippen molar-refractivity contribution >= 4 is 10.0 Å². The summed E-state index contributed by atoms with van der Waals surface area (Å²) in [5.74, 6) is -0.573. The van der Waals surface area contributed by atoms with E-state index in [1.165, 1.54) is 18.2 Å². The van der Waals surface area contributed by atoms with Gasteiger partial charge in [0.05, 0.1) is 4.90 Å². The molecule has 0 aromatic heterocycles. The Morgan fingerprint density at radius 3 is 2.45 bits per heavy atom. The van der Waals surface area contributed by atoms with Gasteiger partial charge in [0.25, 0.3) is 0 Å². The number of halogens is 1. The molecule has 1 N–H and O–H groups in total. The van der Waals surface area contributed by atoms with E-state index in [1.807, 2.05) is 31.2 Å². The van der Waals surface area contributed by atoms with Crippen LogP contribution in [0, 0.1) is 12.7 Å². The lowest BCUT2D eigenvalue weighted by Crippen LogP contribution is -2.27. The summed E-state index contributed by atoms with van der Waals surface area (Å²) in [7, 11) is -3.73. The van der Waals surface area contributed by atoms with Crippen molar-refractivity contribution in [3.63, 3.8) is 0 Å². The molecule has 0 saturated heterocycles. The number of nitrogens with one attached hydrogen (secondary N) is 1. The first-order valence-electron chi connectivity index (χ1n) is 6.23. The van der Waals surface area contributed by atoms with Crippen LogP contribution >= 0.6 is 0 Å². The molecule has 0 bridgehead atoms. The van der Waals surface area contributed by atoms with Crippen molar-refractivity contribution in [3.05, 3.63) is 65.5 Å². The van der Waals surface area contributed by atoms with Crippen molar-refractivity contribution in [2.45, 2.75) is 24.8 Å². The van der Waals surface area contributed by atoms with Gasteiger partial charge in [-0.05, 0) is 37.6 Å². The predicted molar refractivity (Wildman–Crippen MR) is 76.3 cm³/mol. The average molecular weight is 293 g/mol. The fourth-order valence-corrected chi connectivity index (χ4v) is 3.21. The highest BCUT2D eigenvalue weighted by Crippen LogP contribution is 2.18. The van der Waals surface area contributed by atoms with Gasteiger partial charge in [-0.2, -0.15) is 0 Å². The van der Waals surface area contributed by atoms with Gasteiger partial charge in [0.15, 0.2) is 0 Å². The Bertz CT molecular complexity index is 713. The quantitative estimate of drug-likeness (QED) is 0.941. The molecule has 0 aliphatic carbocycles. The molecule has 5 heteroatoms. The maximum absolute atomic E-state index is 13.1. The van der Waals surface area contributed by atoms with Gasteiger partial charge in [-0.1, -0.05) is 35.9 Å². The first-order chi connectivity index (χ1) is 9.38. The number of sulfonamides is 1. The lowest BCUT2D eigenvalue weighted by atomic mass is 10.1. The second-order valence-corrected chi connectivity index (χ2v) is 6.43. The van der Waals surface area contributed by atoms with Gasteiger partial charge in [-0.15, -0.1) is 0 Å². The number of aryl methyl sites for hydroxylation is 1. The fraction of sp³-hybridized carbons (Fsp3) is 0.200. The van der Waals surface area contributed by atoms with Crippen LogP contribution in [0.3, 0.4) is 0 Å². The Hall–Kier alpha value is -1.72. The summed E-state index contributed by atoms with van der Waals surface area (Å²) in [5.41, 5.74) is 1.92. The summed E-state index contributed by atoms with van der Waals surface area (Å²) in [6.45, 7) is 3.70. The maximum atomic E-state index is 13.1. The van der Waals surface area contributed by atoms with E-state index in [0.29, 0.717) is 0 Å². The molecule has 106 valence electrons. The second kappa shape index (κ2) is 5.73. The number of hydrogen-bond donors (Lipinski definition) is 1. The third-order valence-corrected chi connectivity index (χ3v) is 4.52. The molecular weight excluding hydrogens is 277 g/mol. The number of rotatable bonds is 4. The first kappa shape index (κ1) is 14.7. The van der Waals surface area contributed by atoms with E-state index < -0.39 is 15.8 Å². The molecule has 2 aromatic rings. The van der Waals surface area contributed by atoms with Crippen LogP contribution in [0.25, 0.3) is 0 Å². The van der Waals surface area contributed by atoms with E-state index in [0.717, 1.165) is 17.2 Å². The smallest absolute Gasteiger partial charge is 0.207 e. The molecule has 0 fully saturated rings. The molecule has 0 amide bonds. The maximum Gasteiger partial charge on any atom is 0.241 e. The van der Waals surface area contributed by atoms with E-state index in [4.69, 9.17) is 0 Å². The van der Waals surface area contributed by atoms with Crippen molar-refractivity contribution in [1.29, 1.82) is 0 Å². The first-order valence-corrected chi connectivity index (χ1v) is 7.71. The monoisotopic (exact) mass is 293 g/mol. The minimum atomic E-state index is -3.73. The molecule has 0 heterocycles. The van der Waals surface area contributed by atoms with Gasteiger partial charge >= 0.3 is 0 Å². The zero-order valence-electron chi connectivity index (χ0n) is 11.3. The average Bonchev–Trinajstić information content (AvgIpc) is 2.38. The zero-order chi connectivity index (χ0) is 14.8. The van der Waals surface area contributed by atoms with Crippen LogP contribution in [0.4, 0.5) is 4.39 Å². The standard InChI is InChI=1S/C15H16FNO2S/c1-11-5-3-6-13(9-11)12(2)17-20(18,19)15-8-4-7-14(16)10-15/h3-10,12,17H,1-2H3/t12-/m0/s1. The van der Waals surface area contributed by atoms with Crippen LogP contribution in [0.15, 0.2) is 53.4 Å². The zero-order valence-corrected chi connectivity index (χ0v) is 12.1. The Morgan fingerprint density at radius 2 is 1.80 bits per heavy atom. The van der Waals surface area contributed by atoms with E-state index in [2.05, 4.69) is 4.72 Å². The molecule has 2 rings (SSSR count). The molecule has 0 aliphatic rings. The van der Waals surface area contributed by atoms with E-state index in [9.17, 15) is 12.8 Å². The van der Waals surface area contributed by atoms with Crippen LogP contribution < -0.4 is 4.72 Å². The normalized spacial score (nSPS) is 13.2. The van der Waals surface area contributed by atoms with Crippen molar-refractivity contribution in [2.24, 2.45) is 0 Å². The summed E-state index contributed by atoms with van der Waals surface area (Å²) in [6, 6.07) is 12.2. The van der Waals surface area contributed by atoms with Crippen molar-refractivity contribution < 1.29 is 12.8 Å². The molecule has 1 atom stereocenters. The van der Waals surface area contributed by atoms with Gasteiger partial charge in [0.1, 0.15) is 5.82 Å². The van der Waals surface area contributed by atoms with Crippen molar-refractivity contribution in [1.82, 2.24) is 4.72 Å². The molecule has 2 aromatic carbocycles. The topological polar surface area (TPSA) is 46.2 Å². The number of hydrogen-bond acceptors (Lipinski definition) is 2. The van der Waals surface area contributed by atoms with Crippen molar-refractivity contribution in [2.75, 3.05) is 0 Å². The summed E-state index contributed by atoms with van der Waals surface area (Å²) in [5, 5.41) is 0. The largest absolute Gasteiger partial charge is 0.241 e. The summed E-state index contributed by atoms with van der Waals surface area (Å²) in [6.07, 6.45) is 0. The van der Waals surface area contributed by atoms with E-state index in [-0.39, 0.29) is 10.9 Å². The lowest BCUT2D eigenvalue weighted by molar-refractivity contribution is 0.564. The Labute approximate surface area is 118 Å². The minimum Gasteiger partial charge on any atom is -0.207 e. The molecule has 20 heavy (non-hydrogen) atoms. The fourth-order valence-electron chi connectivity index (χ4n) is 1.94. The Balaban J connectivity index is 2.24. The van der Waals surface area contributed by atoms with Crippen LogP contribution in [-0.4, -0.2) is 8.42 Å². The summed E-state index contributed by atoms with van der Waals surface area (Å²) >= 11 is 0. The van der Waals surface area contributed by atoms with Gasteiger partial charge in [0, 0.05) is 6.04 Å². The van der Waals surface area contributed by atoms with Gasteiger partial charge in [-0.25, -0.2) is 17.5 Å². The second-order valence-electron chi connectivity index (χ2n) is 4.71. The highest BCUT2D eigenvalue weighted by Gasteiger charge is 2.18. The summed E-state index contributed by atoms with van der Waals surface area (Å²) < 4.78 is 40.0. The molecule has 0 aliphatic heterocycles. The molecule has 0 radical (unpaired) electrons. The Kier molecular flexibility index (Phi) is 4.20. The van der Waals surface area contributed by atoms with Gasteiger partial charge in [0.2, 0.25) is 10.0 Å². The minimum absolute atomic E-state index is 0.0722. The highest BCUT2D eigenvalue weighted by molar-refractivity contribution is 7.89. The van der Waals surface area contributed by atoms with Crippen LogP contribution in [0.2, 0.25) is 0 Å². The lowest BCUT2D eigenvalue weighted by Gasteiger charge is -2.15. The van der Waals surface area contributed by atoms with Crippen LogP contribution in [0.1, 0.15) is 24.1 Å². The molecular formula is C15H16FNO2S. The summed E-state index contributed by atoms with van der Waals surface area (Å²) in [4.78, 5) is -0.0722. The molecule has 3 nitrogen and oxygen atoms in total. The van der Waals surface area contributed by atoms with E-state index in [1.54, 1.807) is 6.92 Å². The highest BCUT2D eigenvalue weighted by atomic mass is 32.2. The van der Waals surface area contributed by atoms with Gasteiger partial charge < -0.3 is 0 Å².